The highest BCUT2D eigenvalue weighted by atomic mass is 16.4. The fourth-order valence-corrected chi connectivity index (χ4v) is 8.64. The molecule has 0 bridgehead atoms. The molecule has 0 saturated carbocycles. The molecule has 3 rings (SSSR count). The van der Waals surface area contributed by atoms with Crippen molar-refractivity contribution in [1.29, 1.82) is 0 Å². The first kappa shape index (κ1) is 59.6. The van der Waals surface area contributed by atoms with Gasteiger partial charge in [0.25, 0.3) is 0 Å². The number of carboxylic acids is 3. The number of hydrogen-bond acceptors (Lipinski definition) is 13. The number of nitrogens with zero attached hydrogens (tertiary/aromatic N) is 2. The van der Waals surface area contributed by atoms with Crippen LogP contribution in [0, 0.1) is 11.8 Å². The predicted octanol–water partition coefficient (Wildman–Crippen LogP) is -1.28. The van der Waals surface area contributed by atoms with Crippen LogP contribution in [0.5, 0.6) is 0 Å². The van der Waals surface area contributed by atoms with Crippen molar-refractivity contribution in [1.82, 2.24) is 41.7 Å². The molecule has 0 radical (unpaired) electrons. The summed E-state index contributed by atoms with van der Waals surface area (Å²) >= 11 is 0. The number of carbonyl (C=O) groups excluding carboxylic acids is 8. The lowest BCUT2D eigenvalue weighted by molar-refractivity contribution is -0.149. The van der Waals surface area contributed by atoms with Crippen LogP contribution in [0.25, 0.3) is 0 Å². The molecule has 8 amide bonds. The number of aliphatic carboxylic acids is 3. The summed E-state index contributed by atoms with van der Waals surface area (Å²) in [4.78, 5) is 147. The number of carboxylic acid groups (broad SMARTS) is 3. The smallest absolute Gasteiger partial charge is 0.326 e. The van der Waals surface area contributed by atoms with Crippen LogP contribution >= 0.6 is 0 Å². The highest BCUT2D eigenvalue weighted by Gasteiger charge is 2.44. The van der Waals surface area contributed by atoms with E-state index >= 15 is 0 Å². The quantitative estimate of drug-likeness (QED) is 0.0400. The molecule has 8 atom stereocenters. The molecule has 400 valence electrons. The Morgan fingerprint density at radius 2 is 1.21 bits per heavy atom. The zero-order chi connectivity index (χ0) is 53.7. The zero-order valence-corrected chi connectivity index (χ0v) is 41.6. The topological polar surface area (TPSA) is 379 Å². The van der Waals surface area contributed by atoms with Gasteiger partial charge in [-0.05, 0) is 94.6 Å². The van der Waals surface area contributed by atoms with Gasteiger partial charge in [-0.3, -0.25) is 47.9 Å². The highest BCUT2D eigenvalue weighted by molar-refractivity contribution is 5.99. The number of amides is 8. The Morgan fingerprint density at radius 3 is 1.79 bits per heavy atom. The number of unbranched alkanes of at least 4 members (excludes halogenated alkanes) is 1. The van der Waals surface area contributed by atoms with Crippen LogP contribution in [-0.2, 0) is 59.2 Å². The lowest BCUT2D eigenvalue weighted by Gasteiger charge is -2.33. The molecule has 2 aliphatic rings. The van der Waals surface area contributed by atoms with Gasteiger partial charge in [0.15, 0.2) is 0 Å². The average molecular weight is 1020 g/mol. The summed E-state index contributed by atoms with van der Waals surface area (Å²) < 4.78 is 0. The van der Waals surface area contributed by atoms with E-state index in [1.807, 2.05) is 19.9 Å². The van der Waals surface area contributed by atoms with Crippen molar-refractivity contribution in [2.75, 3.05) is 26.2 Å². The second kappa shape index (κ2) is 29.6. The van der Waals surface area contributed by atoms with Gasteiger partial charge in [-0.15, -0.1) is 0 Å². The molecular formula is C48H74N10O14. The van der Waals surface area contributed by atoms with Gasteiger partial charge in [-0.25, -0.2) is 4.79 Å². The Balaban J connectivity index is 1.72. The third kappa shape index (κ3) is 19.5. The minimum Gasteiger partial charge on any atom is -0.481 e. The number of benzene rings is 1. The van der Waals surface area contributed by atoms with E-state index in [1.54, 1.807) is 38.1 Å². The molecule has 2 fully saturated rings. The maximum atomic E-state index is 14.3. The summed E-state index contributed by atoms with van der Waals surface area (Å²) in [5, 5.41) is 43.9. The van der Waals surface area contributed by atoms with E-state index < -0.39 is 139 Å². The second-order valence-electron chi connectivity index (χ2n) is 19.2. The normalized spacial score (nSPS) is 17.9. The van der Waals surface area contributed by atoms with Crippen molar-refractivity contribution in [3.8, 4) is 0 Å². The van der Waals surface area contributed by atoms with E-state index in [-0.39, 0.29) is 70.0 Å². The summed E-state index contributed by atoms with van der Waals surface area (Å²) in [6.45, 7) is 6.81. The minimum absolute atomic E-state index is 0.00615. The van der Waals surface area contributed by atoms with Gasteiger partial charge in [-0.1, -0.05) is 58.0 Å². The molecule has 0 spiro atoms. The lowest BCUT2D eigenvalue weighted by atomic mass is 10.0. The zero-order valence-electron chi connectivity index (χ0n) is 41.6. The van der Waals surface area contributed by atoms with Crippen molar-refractivity contribution in [3.63, 3.8) is 0 Å². The van der Waals surface area contributed by atoms with Crippen LogP contribution in [0.2, 0.25) is 0 Å². The van der Waals surface area contributed by atoms with Gasteiger partial charge in [0.2, 0.25) is 47.3 Å². The highest BCUT2D eigenvalue weighted by Crippen LogP contribution is 2.26. The number of carbonyl (C=O) groups is 11. The first-order chi connectivity index (χ1) is 34.0. The van der Waals surface area contributed by atoms with Crippen molar-refractivity contribution in [2.45, 2.75) is 160 Å². The number of hydrogen-bond donors (Lipinski definition) is 11. The van der Waals surface area contributed by atoms with Gasteiger partial charge < -0.3 is 68.5 Å². The maximum absolute atomic E-state index is 14.3. The molecule has 1 aromatic carbocycles. The molecule has 72 heavy (non-hydrogen) atoms. The Hall–Kier alpha value is -6.69. The van der Waals surface area contributed by atoms with Crippen molar-refractivity contribution >= 4 is 65.2 Å². The SMILES string of the molecule is CC(C)C[C@H](NC(=O)[C@H](CCCCN)NC(=O)[C@H](CCC(=O)O)NC(=O)[C@@H]1CCCN1C(=O)[C@@H]1CCCN1C(=O)[C@H](CC(=O)O)NC(=O)CNC(=O)[C@H](CC(C)C)NC(=O)[C@@H](N)Cc1ccccc1)C(=O)O. The van der Waals surface area contributed by atoms with E-state index in [2.05, 4.69) is 31.9 Å². The summed E-state index contributed by atoms with van der Waals surface area (Å²) in [5.41, 5.74) is 12.6. The van der Waals surface area contributed by atoms with Crippen LogP contribution in [-0.4, -0.2) is 165 Å². The van der Waals surface area contributed by atoms with Crippen LogP contribution in [0.3, 0.4) is 0 Å². The third-order valence-electron chi connectivity index (χ3n) is 12.3. The van der Waals surface area contributed by atoms with Gasteiger partial charge in [0.1, 0.15) is 42.3 Å². The van der Waals surface area contributed by atoms with Crippen molar-refractivity contribution in [3.05, 3.63) is 35.9 Å². The van der Waals surface area contributed by atoms with Crippen molar-refractivity contribution in [2.24, 2.45) is 23.3 Å². The van der Waals surface area contributed by atoms with E-state index in [0.717, 1.165) is 10.5 Å². The Morgan fingerprint density at radius 1 is 0.639 bits per heavy atom. The largest absolute Gasteiger partial charge is 0.481 e. The third-order valence-corrected chi connectivity index (χ3v) is 12.3. The Kier molecular flexibility index (Phi) is 24.5. The Bertz CT molecular complexity index is 2070. The van der Waals surface area contributed by atoms with Crippen LogP contribution < -0.4 is 43.4 Å². The summed E-state index contributed by atoms with van der Waals surface area (Å²) in [6.07, 6.45) is 0.352. The standard InChI is InChI=1S/C48H74N10O14/c1-27(2)22-33(55-41(64)30(50)24-29-12-6-5-7-13-29)42(65)51-26-38(59)52-34(25-40(62)63)46(69)58-21-11-16-37(58)47(70)57-20-10-15-36(57)45(68)54-32(17-18-39(60)61)44(67)53-31(14-8-9-19-49)43(66)56-35(48(71)72)23-28(3)4/h5-7,12-13,27-28,30-37H,8-11,14-26,49-50H2,1-4H3,(H,51,65)(H,52,59)(H,53,67)(H,54,68)(H,55,64)(H,56,66)(H,60,61)(H,62,63)(H,71,72)/t30-,31-,32-,33-,34-,35-,36-,37-/m0/s1. The maximum Gasteiger partial charge on any atom is 0.326 e. The van der Waals surface area contributed by atoms with E-state index in [9.17, 15) is 68.1 Å². The molecule has 2 aliphatic heterocycles. The average Bonchev–Trinajstić information content (AvgIpc) is 4.02. The fourth-order valence-electron chi connectivity index (χ4n) is 8.64. The fraction of sp³-hybridized carbons (Fsp3) is 0.646. The minimum atomic E-state index is -1.68. The van der Waals surface area contributed by atoms with Crippen LogP contribution in [0.1, 0.15) is 110 Å². The van der Waals surface area contributed by atoms with Crippen LogP contribution in [0.4, 0.5) is 0 Å². The molecule has 13 N–H and O–H groups in total. The lowest BCUT2D eigenvalue weighted by Crippen LogP contribution is -2.59. The predicted molar refractivity (Wildman–Crippen MR) is 259 cm³/mol. The Labute approximate surface area is 418 Å². The van der Waals surface area contributed by atoms with Gasteiger partial charge in [0, 0.05) is 19.5 Å². The first-order valence-electron chi connectivity index (χ1n) is 24.6. The molecular weight excluding hydrogens is 941 g/mol. The summed E-state index contributed by atoms with van der Waals surface area (Å²) in [7, 11) is 0. The molecule has 2 saturated heterocycles. The number of nitrogens with one attached hydrogen (secondary N) is 6. The van der Waals surface area contributed by atoms with Crippen LogP contribution in [0.15, 0.2) is 30.3 Å². The number of nitrogens with two attached hydrogens (primary N) is 2. The molecule has 0 unspecified atom stereocenters. The summed E-state index contributed by atoms with van der Waals surface area (Å²) in [6, 6.07) is -1.14. The summed E-state index contributed by atoms with van der Waals surface area (Å²) in [5.74, 6) is -10.6. The van der Waals surface area contributed by atoms with E-state index in [1.165, 1.54) is 4.90 Å². The molecule has 24 heteroatoms. The number of likely N-dealkylation sites (tertiary alicyclic amines) is 2. The van der Waals surface area contributed by atoms with E-state index in [4.69, 9.17) is 11.5 Å². The van der Waals surface area contributed by atoms with Crippen molar-refractivity contribution < 1.29 is 68.1 Å². The van der Waals surface area contributed by atoms with E-state index in [0.29, 0.717) is 25.7 Å². The molecule has 0 aliphatic carbocycles. The molecule has 24 nitrogen and oxygen atoms in total. The second-order valence-corrected chi connectivity index (χ2v) is 19.2. The van der Waals surface area contributed by atoms with Gasteiger partial charge in [0.05, 0.1) is 19.0 Å². The number of rotatable bonds is 30. The molecule has 1 aromatic rings. The molecule has 0 aromatic heterocycles. The molecule has 2 heterocycles. The monoisotopic (exact) mass is 1010 g/mol. The van der Waals surface area contributed by atoms with Gasteiger partial charge >= 0.3 is 17.9 Å². The first-order valence-corrected chi connectivity index (χ1v) is 24.6. The van der Waals surface area contributed by atoms with Gasteiger partial charge in [-0.2, -0.15) is 0 Å².